The van der Waals surface area contributed by atoms with Crippen LogP contribution in [0.3, 0.4) is 0 Å². The molecule has 1 rings (SSSR count). The Bertz CT molecular complexity index is 192. The third kappa shape index (κ3) is 5.11. The van der Waals surface area contributed by atoms with Gasteiger partial charge in [0.05, 0.1) is 26.2 Å². The van der Waals surface area contributed by atoms with Gasteiger partial charge in [-0.15, -0.1) is 0 Å². The topological polar surface area (TPSA) is 59.0 Å². The molecule has 1 aliphatic heterocycles. The van der Waals surface area contributed by atoms with Gasteiger partial charge in [0.2, 0.25) is 0 Å². The lowest BCUT2D eigenvalue weighted by Gasteiger charge is -2.38. The molecule has 1 heterocycles. The average molecular weight is 217 g/mol. The van der Waals surface area contributed by atoms with Crippen molar-refractivity contribution in [1.82, 2.24) is 4.90 Å². The lowest BCUT2D eigenvalue weighted by atomic mass is 9.97. The molecule has 0 amide bonds. The maximum Gasteiger partial charge on any atom is 0.303 e. The molecular weight excluding hydrogens is 198 g/mol. The Labute approximate surface area is 90.0 Å². The van der Waals surface area contributed by atoms with Crippen LogP contribution in [0.15, 0.2) is 0 Å². The van der Waals surface area contributed by atoms with E-state index in [1.54, 1.807) is 7.11 Å². The Morgan fingerprint density at radius 2 is 2.13 bits per heavy atom. The molecule has 0 aromatic rings. The second kappa shape index (κ2) is 6.76. The molecule has 0 aliphatic carbocycles. The molecule has 15 heavy (non-hydrogen) atoms. The van der Waals surface area contributed by atoms with Gasteiger partial charge in [0, 0.05) is 26.7 Å². The number of ether oxygens (including phenoxy) is 2. The van der Waals surface area contributed by atoms with E-state index in [9.17, 15) is 4.79 Å². The molecule has 0 radical (unpaired) electrons. The molecule has 0 aromatic carbocycles. The number of carbonyl (C=O) groups is 1. The minimum atomic E-state index is -0.698. The molecule has 0 spiro atoms. The summed E-state index contributed by atoms with van der Waals surface area (Å²) in [5.74, 6) is -0.363. The Balaban J connectivity index is 1.87. The molecular formula is C10H19NO4. The van der Waals surface area contributed by atoms with Gasteiger partial charge in [-0.3, -0.25) is 4.79 Å². The summed E-state index contributed by atoms with van der Waals surface area (Å²) in [4.78, 5) is 12.6. The van der Waals surface area contributed by atoms with Gasteiger partial charge in [-0.2, -0.15) is 0 Å². The van der Waals surface area contributed by atoms with E-state index in [1.807, 2.05) is 0 Å². The number of methoxy groups -OCH3 is 1. The first-order valence-corrected chi connectivity index (χ1v) is 5.23. The van der Waals surface area contributed by atoms with Crippen LogP contribution in [0.4, 0.5) is 0 Å². The second-order valence-electron chi connectivity index (χ2n) is 3.83. The zero-order chi connectivity index (χ0) is 11.1. The van der Waals surface area contributed by atoms with Gasteiger partial charge in [-0.1, -0.05) is 0 Å². The molecule has 0 saturated carbocycles. The lowest BCUT2D eigenvalue weighted by Crippen LogP contribution is -2.48. The molecule has 5 heteroatoms. The lowest BCUT2D eigenvalue weighted by molar-refractivity contribution is -0.139. The summed E-state index contributed by atoms with van der Waals surface area (Å²) in [7, 11) is 1.65. The van der Waals surface area contributed by atoms with Crippen LogP contribution >= 0.6 is 0 Å². The van der Waals surface area contributed by atoms with Crippen molar-refractivity contribution in [2.45, 2.75) is 6.42 Å². The Morgan fingerprint density at radius 1 is 1.40 bits per heavy atom. The van der Waals surface area contributed by atoms with Crippen LogP contribution in [0.2, 0.25) is 0 Å². The maximum atomic E-state index is 10.4. The van der Waals surface area contributed by atoms with Crippen molar-refractivity contribution in [2.24, 2.45) is 5.92 Å². The highest BCUT2D eigenvalue weighted by molar-refractivity contribution is 5.67. The third-order valence-corrected chi connectivity index (χ3v) is 2.48. The van der Waals surface area contributed by atoms with Crippen LogP contribution < -0.4 is 0 Å². The van der Waals surface area contributed by atoms with Crippen molar-refractivity contribution in [2.75, 3.05) is 46.6 Å². The van der Waals surface area contributed by atoms with Crippen LogP contribution in [-0.4, -0.2) is 62.5 Å². The van der Waals surface area contributed by atoms with Gasteiger partial charge in [0.15, 0.2) is 0 Å². The highest BCUT2D eigenvalue weighted by atomic mass is 16.5. The van der Waals surface area contributed by atoms with Crippen LogP contribution in [-0.2, 0) is 14.3 Å². The standard InChI is InChI=1S/C10H19NO4/c1-14-4-5-15-3-2-11-7-9(8-11)6-10(12)13/h9H,2-8H2,1H3,(H,12,13). The number of nitrogens with zero attached hydrogens (tertiary/aromatic N) is 1. The van der Waals surface area contributed by atoms with Gasteiger partial charge >= 0.3 is 5.97 Å². The zero-order valence-electron chi connectivity index (χ0n) is 9.15. The third-order valence-electron chi connectivity index (χ3n) is 2.48. The quantitative estimate of drug-likeness (QED) is 0.582. The Kier molecular flexibility index (Phi) is 5.60. The molecule has 1 saturated heterocycles. The summed E-state index contributed by atoms with van der Waals surface area (Å²) < 4.78 is 10.2. The van der Waals surface area contributed by atoms with Gasteiger partial charge in [0.25, 0.3) is 0 Å². The van der Waals surface area contributed by atoms with E-state index in [2.05, 4.69) is 4.90 Å². The summed E-state index contributed by atoms with van der Waals surface area (Å²) in [6, 6.07) is 0. The van der Waals surface area contributed by atoms with Crippen molar-refractivity contribution in [3.63, 3.8) is 0 Å². The van der Waals surface area contributed by atoms with Crippen molar-refractivity contribution in [3.05, 3.63) is 0 Å². The number of hydrogen-bond acceptors (Lipinski definition) is 4. The molecule has 5 nitrogen and oxygen atoms in total. The first-order valence-electron chi connectivity index (χ1n) is 5.23. The minimum Gasteiger partial charge on any atom is -0.481 e. The number of likely N-dealkylation sites (tertiary alicyclic amines) is 1. The van der Waals surface area contributed by atoms with E-state index in [0.29, 0.717) is 32.2 Å². The summed E-state index contributed by atoms with van der Waals surface area (Å²) in [5, 5.41) is 8.55. The van der Waals surface area contributed by atoms with Crippen molar-refractivity contribution in [3.8, 4) is 0 Å². The molecule has 0 atom stereocenters. The normalized spacial score (nSPS) is 17.7. The van der Waals surface area contributed by atoms with Crippen molar-refractivity contribution in [1.29, 1.82) is 0 Å². The Morgan fingerprint density at radius 3 is 2.73 bits per heavy atom. The summed E-state index contributed by atoms with van der Waals surface area (Å²) >= 11 is 0. The monoisotopic (exact) mass is 217 g/mol. The van der Waals surface area contributed by atoms with E-state index in [1.165, 1.54) is 0 Å². The maximum absolute atomic E-state index is 10.4. The smallest absolute Gasteiger partial charge is 0.303 e. The van der Waals surface area contributed by atoms with E-state index in [0.717, 1.165) is 19.6 Å². The largest absolute Gasteiger partial charge is 0.481 e. The van der Waals surface area contributed by atoms with Crippen LogP contribution in [0.1, 0.15) is 6.42 Å². The van der Waals surface area contributed by atoms with Crippen LogP contribution in [0.25, 0.3) is 0 Å². The van der Waals surface area contributed by atoms with Crippen LogP contribution in [0.5, 0.6) is 0 Å². The fourth-order valence-electron chi connectivity index (χ4n) is 1.67. The summed E-state index contributed by atoms with van der Waals surface area (Å²) in [6.07, 6.45) is 0.293. The van der Waals surface area contributed by atoms with Crippen molar-refractivity contribution < 1.29 is 19.4 Å². The molecule has 0 aromatic heterocycles. The molecule has 1 N–H and O–H groups in total. The number of carboxylic acid groups (broad SMARTS) is 1. The van der Waals surface area contributed by atoms with Gasteiger partial charge in [0.1, 0.15) is 0 Å². The van der Waals surface area contributed by atoms with Gasteiger partial charge in [-0.25, -0.2) is 0 Å². The number of rotatable bonds is 8. The first kappa shape index (κ1) is 12.4. The average Bonchev–Trinajstić information content (AvgIpc) is 2.12. The number of aliphatic carboxylic acids is 1. The fourth-order valence-corrected chi connectivity index (χ4v) is 1.67. The van der Waals surface area contributed by atoms with Crippen LogP contribution in [0, 0.1) is 5.92 Å². The molecule has 88 valence electrons. The molecule has 0 bridgehead atoms. The summed E-state index contributed by atoms with van der Waals surface area (Å²) in [6.45, 7) is 4.62. The van der Waals surface area contributed by atoms with Gasteiger partial charge in [-0.05, 0) is 5.92 Å². The molecule has 1 aliphatic rings. The van der Waals surface area contributed by atoms with E-state index < -0.39 is 5.97 Å². The molecule has 1 fully saturated rings. The van der Waals surface area contributed by atoms with E-state index in [4.69, 9.17) is 14.6 Å². The van der Waals surface area contributed by atoms with Gasteiger partial charge < -0.3 is 19.5 Å². The highest BCUT2D eigenvalue weighted by Crippen LogP contribution is 2.17. The zero-order valence-corrected chi connectivity index (χ0v) is 9.15. The SMILES string of the molecule is COCCOCCN1CC(CC(=O)O)C1. The predicted octanol–water partition coefficient (Wildman–Crippen LogP) is 0.0559. The van der Waals surface area contributed by atoms with E-state index in [-0.39, 0.29) is 0 Å². The minimum absolute atomic E-state index is 0.293. The number of carboxylic acids is 1. The predicted molar refractivity (Wildman–Crippen MR) is 54.9 cm³/mol. The fraction of sp³-hybridized carbons (Fsp3) is 0.900. The summed E-state index contributed by atoms with van der Waals surface area (Å²) in [5.41, 5.74) is 0. The highest BCUT2D eigenvalue weighted by Gasteiger charge is 2.27. The van der Waals surface area contributed by atoms with E-state index >= 15 is 0 Å². The van der Waals surface area contributed by atoms with Crippen molar-refractivity contribution >= 4 is 5.97 Å². The Hall–Kier alpha value is -0.650. The molecule has 0 unspecified atom stereocenters. The number of hydrogen-bond donors (Lipinski definition) is 1. The second-order valence-corrected chi connectivity index (χ2v) is 3.83. The first-order chi connectivity index (χ1) is 7.22.